The molecule has 6 nitrogen and oxygen atoms in total. The van der Waals surface area contributed by atoms with Crippen LogP contribution in [-0.2, 0) is 24.6 Å². The fraction of sp³-hybridized carbons (Fsp3) is 0.500. The van der Waals surface area contributed by atoms with Crippen molar-refractivity contribution in [2.24, 2.45) is 23.7 Å². The molecule has 1 aromatic heterocycles. The van der Waals surface area contributed by atoms with Gasteiger partial charge in [0.1, 0.15) is 6.10 Å². The summed E-state index contributed by atoms with van der Waals surface area (Å²) >= 11 is 0. The van der Waals surface area contributed by atoms with Crippen molar-refractivity contribution in [2.75, 3.05) is 18.5 Å². The van der Waals surface area contributed by atoms with Crippen molar-refractivity contribution in [3.63, 3.8) is 0 Å². The molecular formula is C20H28IN5O. The number of nitrogens with zero attached hydrogens (tertiary/aromatic N) is 3. The number of aliphatic imine (C=N–C) groups is 1. The molecule has 27 heavy (non-hydrogen) atoms. The second kappa shape index (κ2) is 9.05. The first-order valence-corrected chi connectivity index (χ1v) is 9.49. The first-order chi connectivity index (χ1) is 12.7. The predicted octanol–water partition coefficient (Wildman–Crippen LogP) is 3.42. The molecule has 2 aromatic rings. The summed E-state index contributed by atoms with van der Waals surface area (Å²) in [6.45, 7) is 1.42. The van der Waals surface area contributed by atoms with Crippen LogP contribution in [0, 0.1) is 5.92 Å². The van der Waals surface area contributed by atoms with Gasteiger partial charge in [-0.2, -0.15) is 5.10 Å². The van der Waals surface area contributed by atoms with Crippen LogP contribution in [0.4, 0.5) is 5.69 Å². The van der Waals surface area contributed by atoms with E-state index in [1.54, 1.807) is 0 Å². The van der Waals surface area contributed by atoms with Gasteiger partial charge in [-0.3, -0.25) is 9.67 Å². The quantitative estimate of drug-likeness (QED) is 0.399. The molecule has 0 unspecified atom stereocenters. The molecule has 0 spiro atoms. The molecule has 1 aliphatic heterocycles. The monoisotopic (exact) mass is 481 g/mol. The summed E-state index contributed by atoms with van der Waals surface area (Å²) in [6.07, 6.45) is 7.65. The zero-order chi connectivity index (χ0) is 17.9. The molecule has 0 saturated carbocycles. The standard InChI is InChI=1S/C20H27N5O.HI/c1-25-18(9-11-23-25)19-15(10-12-26-19)13-22-20(21)24-17-8-4-6-14-5-2-3-7-16(14)17;/h4,6,8-9,11,15,19H,2-3,5,7,10,12-13H2,1H3,(H3,21,22,24);1H/t15-,19+;/m0./s1. The van der Waals surface area contributed by atoms with Crippen LogP contribution in [0.2, 0.25) is 0 Å². The van der Waals surface area contributed by atoms with Gasteiger partial charge in [0.05, 0.1) is 5.69 Å². The first kappa shape index (κ1) is 20.1. The Hall–Kier alpha value is -1.61. The molecule has 1 aliphatic carbocycles. The summed E-state index contributed by atoms with van der Waals surface area (Å²) < 4.78 is 7.80. The normalized spacial score (nSPS) is 22.2. The van der Waals surface area contributed by atoms with Crippen LogP contribution < -0.4 is 11.1 Å². The lowest BCUT2D eigenvalue weighted by atomic mass is 9.90. The van der Waals surface area contributed by atoms with Crippen LogP contribution in [0.1, 0.15) is 42.2 Å². The van der Waals surface area contributed by atoms with Crippen molar-refractivity contribution in [2.45, 2.75) is 38.2 Å². The Morgan fingerprint density at radius 1 is 1.33 bits per heavy atom. The molecule has 0 amide bonds. The summed E-state index contributed by atoms with van der Waals surface area (Å²) in [4.78, 5) is 4.61. The van der Waals surface area contributed by atoms with E-state index in [4.69, 9.17) is 10.5 Å². The number of benzene rings is 1. The van der Waals surface area contributed by atoms with Crippen molar-refractivity contribution in [3.8, 4) is 0 Å². The van der Waals surface area contributed by atoms with Gasteiger partial charge in [0.25, 0.3) is 0 Å². The van der Waals surface area contributed by atoms with Crippen LogP contribution in [0.15, 0.2) is 35.5 Å². The molecule has 2 aliphatic rings. The van der Waals surface area contributed by atoms with E-state index in [9.17, 15) is 0 Å². The van der Waals surface area contributed by atoms with E-state index in [-0.39, 0.29) is 30.1 Å². The van der Waals surface area contributed by atoms with Gasteiger partial charge in [-0.25, -0.2) is 0 Å². The number of hydrogen-bond donors (Lipinski definition) is 2. The number of halogens is 1. The molecule has 3 N–H and O–H groups in total. The minimum absolute atomic E-state index is 0. The number of guanidine groups is 1. The number of aryl methyl sites for hydroxylation is 2. The molecule has 1 fully saturated rings. The average Bonchev–Trinajstić information content (AvgIpc) is 3.28. The molecule has 2 atom stereocenters. The lowest BCUT2D eigenvalue weighted by Gasteiger charge is -2.20. The molecule has 0 radical (unpaired) electrons. The molecule has 7 heteroatoms. The minimum atomic E-state index is 0. The zero-order valence-corrected chi connectivity index (χ0v) is 18.1. The maximum absolute atomic E-state index is 6.19. The van der Waals surface area contributed by atoms with Gasteiger partial charge in [0, 0.05) is 38.0 Å². The number of ether oxygens (including phenoxy) is 1. The van der Waals surface area contributed by atoms with Crippen LogP contribution in [0.5, 0.6) is 0 Å². The highest BCUT2D eigenvalue weighted by atomic mass is 127. The van der Waals surface area contributed by atoms with Gasteiger partial charge >= 0.3 is 0 Å². The number of anilines is 1. The summed E-state index contributed by atoms with van der Waals surface area (Å²) in [5, 5.41) is 7.58. The largest absolute Gasteiger partial charge is 0.372 e. The van der Waals surface area contributed by atoms with Crippen LogP contribution in [0.25, 0.3) is 0 Å². The van der Waals surface area contributed by atoms with Crippen LogP contribution in [-0.4, -0.2) is 28.9 Å². The Labute approximate surface area is 177 Å². The Kier molecular flexibility index (Phi) is 6.75. The lowest BCUT2D eigenvalue weighted by Crippen LogP contribution is -2.25. The van der Waals surface area contributed by atoms with Gasteiger partial charge in [-0.15, -0.1) is 24.0 Å². The van der Waals surface area contributed by atoms with Crippen molar-refractivity contribution >= 4 is 35.6 Å². The molecular weight excluding hydrogens is 453 g/mol. The molecule has 146 valence electrons. The summed E-state index contributed by atoms with van der Waals surface area (Å²) in [5.41, 5.74) is 11.2. The topological polar surface area (TPSA) is 77.5 Å². The van der Waals surface area contributed by atoms with Gasteiger partial charge in [0.15, 0.2) is 5.96 Å². The smallest absolute Gasteiger partial charge is 0.193 e. The van der Waals surface area contributed by atoms with Crippen LogP contribution in [0.3, 0.4) is 0 Å². The van der Waals surface area contributed by atoms with E-state index in [1.165, 1.54) is 24.0 Å². The molecule has 1 aromatic carbocycles. The third-order valence-corrected chi connectivity index (χ3v) is 5.52. The third kappa shape index (κ3) is 4.45. The molecule has 2 heterocycles. The van der Waals surface area contributed by atoms with Gasteiger partial charge < -0.3 is 15.8 Å². The average molecular weight is 481 g/mol. The highest BCUT2D eigenvalue weighted by Gasteiger charge is 2.31. The maximum Gasteiger partial charge on any atom is 0.193 e. The fourth-order valence-corrected chi connectivity index (χ4v) is 4.10. The number of rotatable bonds is 4. The zero-order valence-electron chi connectivity index (χ0n) is 15.7. The van der Waals surface area contributed by atoms with Crippen molar-refractivity contribution in [1.29, 1.82) is 0 Å². The molecule has 1 saturated heterocycles. The van der Waals surface area contributed by atoms with Gasteiger partial charge in [-0.05, 0) is 55.4 Å². The van der Waals surface area contributed by atoms with Crippen molar-refractivity contribution in [1.82, 2.24) is 9.78 Å². The van der Waals surface area contributed by atoms with E-state index < -0.39 is 0 Å². The van der Waals surface area contributed by atoms with E-state index in [1.807, 2.05) is 24.0 Å². The lowest BCUT2D eigenvalue weighted by molar-refractivity contribution is 0.0859. The number of hydrogen-bond acceptors (Lipinski definition) is 3. The Morgan fingerprint density at radius 3 is 3.00 bits per heavy atom. The molecule has 4 rings (SSSR count). The maximum atomic E-state index is 6.19. The van der Waals surface area contributed by atoms with E-state index >= 15 is 0 Å². The summed E-state index contributed by atoms with van der Waals surface area (Å²) in [6, 6.07) is 8.44. The second-order valence-corrected chi connectivity index (χ2v) is 7.22. The van der Waals surface area contributed by atoms with Crippen molar-refractivity contribution < 1.29 is 4.74 Å². The van der Waals surface area contributed by atoms with Gasteiger partial charge in [0.2, 0.25) is 0 Å². The minimum Gasteiger partial charge on any atom is -0.372 e. The van der Waals surface area contributed by atoms with E-state index in [0.717, 1.165) is 37.3 Å². The highest BCUT2D eigenvalue weighted by Crippen LogP contribution is 2.34. The Bertz CT molecular complexity index is 803. The third-order valence-electron chi connectivity index (χ3n) is 5.52. The number of nitrogens with one attached hydrogen (secondary N) is 1. The SMILES string of the molecule is Cn1nccc1[C@@H]1OCC[C@H]1CN=C(N)Nc1cccc2c1CCCC2.I. The highest BCUT2D eigenvalue weighted by molar-refractivity contribution is 14.0. The Morgan fingerprint density at radius 2 is 2.19 bits per heavy atom. The van der Waals surface area contributed by atoms with Crippen LogP contribution >= 0.6 is 24.0 Å². The van der Waals surface area contributed by atoms with E-state index in [2.05, 4.69) is 33.6 Å². The summed E-state index contributed by atoms with van der Waals surface area (Å²) in [7, 11) is 1.95. The predicted molar refractivity (Wildman–Crippen MR) is 119 cm³/mol. The number of fused-ring (bicyclic) bond motifs is 1. The molecule has 0 bridgehead atoms. The first-order valence-electron chi connectivity index (χ1n) is 9.49. The van der Waals surface area contributed by atoms with E-state index in [0.29, 0.717) is 18.4 Å². The summed E-state index contributed by atoms with van der Waals surface area (Å²) in [5.74, 6) is 0.815. The number of aromatic nitrogens is 2. The van der Waals surface area contributed by atoms with Gasteiger partial charge in [-0.1, -0.05) is 12.1 Å². The van der Waals surface area contributed by atoms with Crippen molar-refractivity contribution in [3.05, 3.63) is 47.3 Å². The number of nitrogens with two attached hydrogens (primary N) is 1. The fourth-order valence-electron chi connectivity index (χ4n) is 4.10. The Balaban J connectivity index is 0.00000210. The second-order valence-electron chi connectivity index (χ2n) is 7.22.